The van der Waals surface area contributed by atoms with E-state index in [1.165, 1.54) is 6.20 Å². The summed E-state index contributed by atoms with van der Waals surface area (Å²) >= 11 is 12.8. The minimum absolute atomic E-state index is 0.150. The maximum absolute atomic E-state index is 12.1. The molecule has 1 atom stereocenters. The number of likely N-dealkylation sites (tertiary alicyclic amines) is 1. The number of hydrogen-bond donors (Lipinski definition) is 2. The minimum atomic E-state index is -0.512. The van der Waals surface area contributed by atoms with Crippen LogP contribution in [0.4, 0.5) is 5.69 Å². The van der Waals surface area contributed by atoms with Gasteiger partial charge in [0.05, 0.1) is 10.6 Å². The van der Waals surface area contributed by atoms with E-state index >= 15 is 0 Å². The van der Waals surface area contributed by atoms with E-state index in [4.69, 9.17) is 23.2 Å². The van der Waals surface area contributed by atoms with Crippen molar-refractivity contribution in [2.45, 2.75) is 25.6 Å². The Labute approximate surface area is 194 Å². The van der Waals surface area contributed by atoms with Gasteiger partial charge in [0, 0.05) is 54.7 Å². The Morgan fingerprint density at radius 2 is 1.94 bits per heavy atom. The maximum Gasteiger partial charge on any atom is 0.325 e. The van der Waals surface area contributed by atoms with E-state index in [1.807, 2.05) is 36.4 Å². The molecule has 0 unspecified atom stereocenters. The van der Waals surface area contributed by atoms with Crippen molar-refractivity contribution in [3.63, 3.8) is 0 Å². The van der Waals surface area contributed by atoms with Gasteiger partial charge in [-0.05, 0) is 36.2 Å². The number of nitrogens with one attached hydrogen (secondary N) is 2. The highest BCUT2D eigenvalue weighted by Gasteiger charge is 2.29. The molecule has 3 aromatic rings. The molecule has 2 N–H and O–H groups in total. The van der Waals surface area contributed by atoms with Crippen molar-refractivity contribution < 1.29 is 0 Å². The smallest absolute Gasteiger partial charge is 0.325 e. The number of rotatable bonds is 6. The molecule has 2 aromatic carbocycles. The average Bonchev–Trinajstić information content (AvgIpc) is 3.23. The van der Waals surface area contributed by atoms with Crippen LogP contribution in [0.15, 0.2) is 58.3 Å². The Hall–Kier alpha value is -3.05. The lowest BCUT2D eigenvalue weighted by Crippen LogP contribution is -2.38. The molecule has 9 heteroatoms. The van der Waals surface area contributed by atoms with Crippen LogP contribution in [0.25, 0.3) is 0 Å². The van der Waals surface area contributed by atoms with Crippen molar-refractivity contribution in [1.82, 2.24) is 14.9 Å². The van der Waals surface area contributed by atoms with Gasteiger partial charge in [0.1, 0.15) is 6.07 Å². The maximum atomic E-state index is 12.1. The van der Waals surface area contributed by atoms with Crippen LogP contribution in [0.1, 0.15) is 23.1 Å². The molecule has 1 aliphatic heterocycles. The molecule has 0 radical (unpaired) electrons. The third-order valence-corrected chi connectivity index (χ3v) is 6.36. The van der Waals surface area contributed by atoms with Gasteiger partial charge in [0.25, 0.3) is 5.56 Å². The van der Waals surface area contributed by atoms with Gasteiger partial charge in [-0.1, -0.05) is 41.4 Å². The molecular weight excluding hydrogens is 449 g/mol. The molecule has 7 nitrogen and oxygen atoms in total. The van der Waals surface area contributed by atoms with Gasteiger partial charge >= 0.3 is 5.69 Å². The van der Waals surface area contributed by atoms with Crippen LogP contribution in [0, 0.1) is 11.3 Å². The van der Waals surface area contributed by atoms with Crippen LogP contribution >= 0.6 is 23.2 Å². The summed E-state index contributed by atoms with van der Waals surface area (Å²) in [6.45, 7) is 2.54. The molecule has 1 aliphatic rings. The van der Waals surface area contributed by atoms with Crippen LogP contribution in [0.3, 0.4) is 0 Å². The Balaban J connectivity index is 1.59. The molecule has 2 heterocycles. The molecule has 1 saturated heterocycles. The van der Waals surface area contributed by atoms with E-state index in [1.54, 1.807) is 6.07 Å². The van der Waals surface area contributed by atoms with Crippen molar-refractivity contribution in [2.24, 2.45) is 0 Å². The summed E-state index contributed by atoms with van der Waals surface area (Å²) < 4.78 is 0. The van der Waals surface area contributed by atoms with E-state index in [9.17, 15) is 14.9 Å². The normalized spacial score (nSPS) is 16.1. The van der Waals surface area contributed by atoms with Crippen molar-refractivity contribution in [2.75, 3.05) is 18.0 Å². The van der Waals surface area contributed by atoms with E-state index in [2.05, 4.69) is 25.8 Å². The lowest BCUT2D eigenvalue weighted by atomic mass is 10.1. The molecule has 0 saturated carbocycles. The van der Waals surface area contributed by atoms with Crippen LogP contribution in [0.5, 0.6) is 0 Å². The molecule has 0 bridgehead atoms. The molecule has 1 fully saturated rings. The SMILES string of the molecule is N#Cc1ccc(N(Cc2ccccc2Cl)[C@H]2CCN(Cc3c[nH]c(=O)[nH]c3=O)C2)cc1Cl. The number of aromatic amines is 2. The summed E-state index contributed by atoms with van der Waals surface area (Å²) in [5.41, 5.74) is 1.96. The van der Waals surface area contributed by atoms with Crippen molar-refractivity contribution in [3.05, 3.63) is 96.2 Å². The Morgan fingerprint density at radius 3 is 2.66 bits per heavy atom. The van der Waals surface area contributed by atoms with Crippen LogP contribution in [0.2, 0.25) is 10.0 Å². The quantitative estimate of drug-likeness (QED) is 0.575. The second-order valence-electron chi connectivity index (χ2n) is 7.77. The molecule has 164 valence electrons. The number of aromatic nitrogens is 2. The van der Waals surface area contributed by atoms with Crippen LogP contribution < -0.4 is 16.1 Å². The second-order valence-corrected chi connectivity index (χ2v) is 8.58. The van der Waals surface area contributed by atoms with Gasteiger partial charge in [-0.15, -0.1) is 0 Å². The Kier molecular flexibility index (Phi) is 6.66. The highest BCUT2D eigenvalue weighted by molar-refractivity contribution is 6.32. The third kappa shape index (κ3) is 4.89. The molecule has 0 aliphatic carbocycles. The molecular formula is C23H21Cl2N5O2. The van der Waals surface area contributed by atoms with Gasteiger partial charge in [0.2, 0.25) is 0 Å². The first kappa shape index (κ1) is 22.2. The summed E-state index contributed by atoms with van der Waals surface area (Å²) in [6, 6.07) is 15.4. The fourth-order valence-electron chi connectivity index (χ4n) is 4.02. The van der Waals surface area contributed by atoms with Crippen molar-refractivity contribution >= 4 is 28.9 Å². The fourth-order valence-corrected chi connectivity index (χ4v) is 4.43. The Bertz CT molecular complexity index is 1280. The van der Waals surface area contributed by atoms with Crippen molar-refractivity contribution in [3.8, 4) is 6.07 Å². The number of halogens is 2. The highest BCUT2D eigenvalue weighted by Crippen LogP contribution is 2.30. The molecule has 32 heavy (non-hydrogen) atoms. The zero-order valence-corrected chi connectivity index (χ0v) is 18.7. The van der Waals surface area contributed by atoms with Crippen LogP contribution in [-0.2, 0) is 13.1 Å². The first-order valence-corrected chi connectivity index (χ1v) is 10.9. The van der Waals surface area contributed by atoms with E-state index in [-0.39, 0.29) is 11.6 Å². The first-order valence-electron chi connectivity index (χ1n) is 10.2. The molecule has 4 rings (SSSR count). The largest absolute Gasteiger partial charge is 0.363 e. The zero-order chi connectivity index (χ0) is 22.7. The average molecular weight is 470 g/mol. The summed E-state index contributed by atoms with van der Waals surface area (Å²) in [7, 11) is 0. The van der Waals surface area contributed by atoms with E-state index < -0.39 is 5.69 Å². The van der Waals surface area contributed by atoms with Gasteiger partial charge < -0.3 is 9.88 Å². The molecule has 0 spiro atoms. The highest BCUT2D eigenvalue weighted by atomic mass is 35.5. The number of hydrogen-bond acceptors (Lipinski definition) is 5. The fraction of sp³-hybridized carbons (Fsp3) is 0.261. The summed E-state index contributed by atoms with van der Waals surface area (Å²) in [6.07, 6.45) is 2.35. The topological polar surface area (TPSA) is 96.0 Å². The summed E-state index contributed by atoms with van der Waals surface area (Å²) in [4.78, 5) is 32.6. The van der Waals surface area contributed by atoms with Gasteiger partial charge in [-0.2, -0.15) is 5.26 Å². The number of benzene rings is 2. The standard InChI is InChI=1S/C23H21Cl2N5O2/c24-20-4-2-1-3-16(20)13-30(18-6-5-15(10-26)21(25)9-18)19-7-8-29(14-19)12-17-11-27-23(32)28-22(17)31/h1-6,9,11,19H,7-8,12-14H2,(H2,27,28,31,32)/t19-/m0/s1. The van der Waals surface area contributed by atoms with E-state index in [0.717, 1.165) is 30.8 Å². The van der Waals surface area contributed by atoms with Gasteiger partial charge in [-0.25, -0.2) is 4.79 Å². The number of anilines is 1. The number of nitriles is 1. The Morgan fingerprint density at radius 1 is 1.12 bits per heavy atom. The second kappa shape index (κ2) is 9.61. The van der Waals surface area contributed by atoms with Gasteiger partial charge in [-0.3, -0.25) is 14.7 Å². The van der Waals surface area contributed by atoms with Gasteiger partial charge in [0.15, 0.2) is 0 Å². The van der Waals surface area contributed by atoms with Crippen LogP contribution in [-0.4, -0.2) is 34.0 Å². The minimum Gasteiger partial charge on any atom is -0.363 e. The zero-order valence-electron chi connectivity index (χ0n) is 17.1. The first-order chi connectivity index (χ1) is 15.4. The third-order valence-electron chi connectivity index (χ3n) is 5.68. The summed E-state index contributed by atoms with van der Waals surface area (Å²) in [5, 5.41) is 10.3. The summed E-state index contributed by atoms with van der Waals surface area (Å²) in [5.74, 6) is 0. The van der Waals surface area contributed by atoms with E-state index in [0.29, 0.717) is 34.3 Å². The predicted molar refractivity (Wildman–Crippen MR) is 125 cm³/mol. The van der Waals surface area contributed by atoms with Crippen molar-refractivity contribution in [1.29, 1.82) is 5.26 Å². The molecule has 1 aromatic heterocycles. The lowest BCUT2D eigenvalue weighted by molar-refractivity contribution is 0.322. The number of nitrogens with zero attached hydrogens (tertiary/aromatic N) is 3. The lowest BCUT2D eigenvalue weighted by Gasteiger charge is -2.32. The number of H-pyrrole nitrogens is 2. The molecule has 0 amide bonds. The monoisotopic (exact) mass is 469 g/mol. The predicted octanol–water partition coefficient (Wildman–Crippen LogP) is 3.52.